The maximum Gasteiger partial charge on any atom is 0.309 e. The first-order valence-corrected chi connectivity index (χ1v) is 11.3. The van der Waals surface area contributed by atoms with Crippen LogP contribution in [0.15, 0.2) is 59.5 Å². The van der Waals surface area contributed by atoms with Crippen molar-refractivity contribution in [3.8, 4) is 0 Å². The Morgan fingerprint density at radius 1 is 1.03 bits per heavy atom. The average Bonchev–Trinajstić information content (AvgIpc) is 3.25. The molecule has 0 aromatic heterocycles. The molecule has 2 aromatic carbocycles. The van der Waals surface area contributed by atoms with Gasteiger partial charge in [0.25, 0.3) is 0 Å². The molecule has 8 nitrogen and oxygen atoms in total. The second kappa shape index (κ2) is 10.5. The molecule has 0 unspecified atom stereocenters. The molecule has 3 rings (SSSR count). The van der Waals surface area contributed by atoms with E-state index in [1.165, 1.54) is 12.1 Å². The molecule has 1 heterocycles. The van der Waals surface area contributed by atoms with Gasteiger partial charge in [0.2, 0.25) is 10.0 Å². The number of carbonyl (C=O) groups is 2. The summed E-state index contributed by atoms with van der Waals surface area (Å²) in [6.45, 7) is 0.390. The molecule has 0 bridgehead atoms. The molecule has 0 spiro atoms. The van der Waals surface area contributed by atoms with Crippen molar-refractivity contribution in [2.75, 3.05) is 26.2 Å². The quantitative estimate of drug-likeness (QED) is 0.463. The summed E-state index contributed by atoms with van der Waals surface area (Å²) in [5.74, 6) is -2.21. The van der Waals surface area contributed by atoms with E-state index in [1.807, 2.05) is 30.3 Å². The third-order valence-corrected chi connectivity index (χ3v) is 6.68. The van der Waals surface area contributed by atoms with Crippen molar-refractivity contribution in [1.82, 2.24) is 14.9 Å². The van der Waals surface area contributed by atoms with Crippen LogP contribution in [0.25, 0.3) is 0 Å². The Morgan fingerprint density at radius 3 is 2.42 bits per heavy atom. The summed E-state index contributed by atoms with van der Waals surface area (Å²) in [6.07, 6.45) is 0.498. The number of nitrogens with zero attached hydrogens (tertiary/aromatic N) is 1. The summed E-state index contributed by atoms with van der Waals surface area (Å²) < 4.78 is 45.1. The van der Waals surface area contributed by atoms with Crippen LogP contribution in [0.4, 0.5) is 4.39 Å². The molecule has 1 atom stereocenters. The van der Waals surface area contributed by atoms with Gasteiger partial charge in [-0.1, -0.05) is 30.3 Å². The van der Waals surface area contributed by atoms with Crippen LogP contribution in [0.5, 0.6) is 0 Å². The Bertz CT molecular complexity index is 999. The third-order valence-electron chi connectivity index (χ3n) is 4.78. The highest BCUT2D eigenvalue weighted by molar-refractivity contribution is 7.89. The second-order valence-electron chi connectivity index (χ2n) is 6.95. The molecule has 1 fully saturated rings. The Kier molecular flexibility index (Phi) is 7.72. The summed E-state index contributed by atoms with van der Waals surface area (Å²) in [5, 5.41) is 4.95. The maximum atomic E-state index is 13.1. The molecule has 2 amide bonds. The lowest BCUT2D eigenvalue weighted by Gasteiger charge is -2.22. The Morgan fingerprint density at radius 2 is 1.71 bits per heavy atom. The zero-order chi connectivity index (χ0) is 22.3. The number of benzene rings is 2. The largest absolute Gasteiger partial charge is 0.359 e. The van der Waals surface area contributed by atoms with Gasteiger partial charge in [-0.05, 0) is 42.7 Å². The van der Waals surface area contributed by atoms with Crippen LogP contribution < -0.4 is 10.6 Å². The molecule has 2 aromatic rings. The van der Waals surface area contributed by atoms with Gasteiger partial charge in [-0.25, -0.2) is 12.8 Å². The fourth-order valence-electron chi connectivity index (χ4n) is 3.16. The molecule has 0 radical (unpaired) electrons. The number of sulfonamides is 1. The highest BCUT2D eigenvalue weighted by Crippen LogP contribution is 2.22. The minimum Gasteiger partial charge on any atom is -0.359 e. The van der Waals surface area contributed by atoms with Gasteiger partial charge in [0.15, 0.2) is 0 Å². The van der Waals surface area contributed by atoms with Crippen molar-refractivity contribution < 1.29 is 27.1 Å². The number of aryl methyl sites for hydroxylation is 1. The molecule has 0 aliphatic carbocycles. The van der Waals surface area contributed by atoms with Gasteiger partial charge in [-0.2, -0.15) is 4.31 Å². The van der Waals surface area contributed by atoms with Crippen LogP contribution in [0.1, 0.15) is 12.0 Å². The SMILES string of the molecule is O=C(NCCCc1ccccc1)C(=O)NC[C@@H]1OCCN1S(=O)(=O)c1ccc(F)cc1. The van der Waals surface area contributed by atoms with Gasteiger partial charge < -0.3 is 15.4 Å². The number of amides is 2. The summed E-state index contributed by atoms with van der Waals surface area (Å²) in [7, 11) is -3.93. The van der Waals surface area contributed by atoms with Crippen LogP contribution in [0.2, 0.25) is 0 Å². The van der Waals surface area contributed by atoms with Gasteiger partial charge in [0, 0.05) is 13.1 Å². The van der Waals surface area contributed by atoms with E-state index < -0.39 is 33.9 Å². The monoisotopic (exact) mass is 449 g/mol. The molecular weight excluding hydrogens is 425 g/mol. The van der Waals surface area contributed by atoms with Crippen LogP contribution in [0, 0.1) is 5.82 Å². The van der Waals surface area contributed by atoms with E-state index in [0.717, 1.165) is 28.4 Å². The van der Waals surface area contributed by atoms with Gasteiger partial charge in [0.05, 0.1) is 18.0 Å². The number of hydrogen-bond acceptors (Lipinski definition) is 5. The topological polar surface area (TPSA) is 105 Å². The first kappa shape index (κ1) is 22.9. The minimum atomic E-state index is -3.93. The highest BCUT2D eigenvalue weighted by atomic mass is 32.2. The van der Waals surface area contributed by atoms with Crippen LogP contribution in [0.3, 0.4) is 0 Å². The van der Waals surface area contributed by atoms with E-state index in [1.54, 1.807) is 0 Å². The lowest BCUT2D eigenvalue weighted by molar-refractivity contribution is -0.139. The van der Waals surface area contributed by atoms with Crippen molar-refractivity contribution >= 4 is 21.8 Å². The number of ether oxygens (including phenoxy) is 1. The number of nitrogens with one attached hydrogen (secondary N) is 2. The molecule has 1 saturated heterocycles. The van der Waals surface area contributed by atoms with Gasteiger partial charge in [0.1, 0.15) is 12.0 Å². The second-order valence-corrected chi connectivity index (χ2v) is 8.84. The molecule has 2 N–H and O–H groups in total. The minimum absolute atomic E-state index is 0.0770. The van der Waals surface area contributed by atoms with Crippen molar-refractivity contribution in [1.29, 1.82) is 0 Å². The van der Waals surface area contributed by atoms with Gasteiger partial charge in [-0.15, -0.1) is 0 Å². The number of halogens is 1. The van der Waals surface area contributed by atoms with Crippen LogP contribution >= 0.6 is 0 Å². The van der Waals surface area contributed by atoms with E-state index in [4.69, 9.17) is 4.74 Å². The third kappa shape index (κ3) is 6.09. The van der Waals surface area contributed by atoms with E-state index in [2.05, 4.69) is 10.6 Å². The molecule has 1 aliphatic rings. The maximum absolute atomic E-state index is 13.1. The average molecular weight is 450 g/mol. The van der Waals surface area contributed by atoms with Crippen molar-refractivity contribution in [3.05, 3.63) is 66.0 Å². The van der Waals surface area contributed by atoms with E-state index >= 15 is 0 Å². The lowest BCUT2D eigenvalue weighted by Crippen LogP contribution is -2.47. The Hall–Kier alpha value is -2.82. The summed E-state index contributed by atoms with van der Waals surface area (Å²) in [4.78, 5) is 23.9. The van der Waals surface area contributed by atoms with Gasteiger partial charge >= 0.3 is 11.8 Å². The van der Waals surface area contributed by atoms with Crippen LogP contribution in [-0.2, 0) is 30.8 Å². The summed E-state index contributed by atoms with van der Waals surface area (Å²) in [6, 6.07) is 14.2. The predicted octanol–water partition coefficient (Wildman–Crippen LogP) is 1.04. The summed E-state index contributed by atoms with van der Waals surface area (Å²) >= 11 is 0. The van der Waals surface area contributed by atoms with Crippen molar-refractivity contribution in [2.24, 2.45) is 0 Å². The van der Waals surface area contributed by atoms with Crippen molar-refractivity contribution in [3.63, 3.8) is 0 Å². The number of hydrogen-bond donors (Lipinski definition) is 2. The molecule has 31 heavy (non-hydrogen) atoms. The smallest absolute Gasteiger partial charge is 0.309 e. The normalized spacial score (nSPS) is 16.7. The molecule has 0 saturated carbocycles. The number of carbonyl (C=O) groups excluding carboxylic acids is 2. The van der Waals surface area contributed by atoms with E-state index in [9.17, 15) is 22.4 Å². The van der Waals surface area contributed by atoms with E-state index in [-0.39, 0.29) is 24.6 Å². The van der Waals surface area contributed by atoms with Crippen molar-refractivity contribution in [2.45, 2.75) is 24.0 Å². The van der Waals surface area contributed by atoms with Gasteiger partial charge in [-0.3, -0.25) is 9.59 Å². The first-order chi connectivity index (χ1) is 14.9. The first-order valence-electron chi connectivity index (χ1n) is 9.87. The molecular formula is C21H24FN3O5S. The lowest BCUT2D eigenvalue weighted by atomic mass is 10.1. The highest BCUT2D eigenvalue weighted by Gasteiger charge is 2.36. The molecule has 1 aliphatic heterocycles. The molecule has 166 valence electrons. The van der Waals surface area contributed by atoms with E-state index in [0.29, 0.717) is 13.0 Å². The zero-order valence-corrected chi connectivity index (χ0v) is 17.6. The Labute approximate surface area is 180 Å². The summed E-state index contributed by atoms with van der Waals surface area (Å²) in [5.41, 5.74) is 1.14. The zero-order valence-electron chi connectivity index (χ0n) is 16.8. The molecule has 10 heteroatoms. The van der Waals surface area contributed by atoms with Crippen LogP contribution in [-0.4, -0.2) is 57.0 Å². The standard InChI is InChI=1S/C21H24FN3O5S/c22-17-8-10-18(11-9-17)31(28,29)25-13-14-30-19(25)15-24-21(27)20(26)23-12-4-7-16-5-2-1-3-6-16/h1-3,5-6,8-11,19H,4,7,12-15H2,(H,23,26)(H,24,27)/t19-/m0/s1. The fraction of sp³-hybridized carbons (Fsp3) is 0.333. The Balaban J connectivity index is 1.46. The predicted molar refractivity (Wildman–Crippen MR) is 111 cm³/mol. The fourth-order valence-corrected chi connectivity index (χ4v) is 4.67. The number of rotatable bonds is 8.